The van der Waals surface area contributed by atoms with Gasteiger partial charge in [0.25, 0.3) is 0 Å². The summed E-state index contributed by atoms with van der Waals surface area (Å²) >= 11 is 0. The van der Waals surface area contributed by atoms with Crippen molar-refractivity contribution >= 4 is 32.7 Å². The van der Waals surface area contributed by atoms with Crippen LogP contribution in [-0.2, 0) is 16.7 Å². The van der Waals surface area contributed by atoms with Gasteiger partial charge in [-0.2, -0.15) is 31.2 Å². The lowest BCUT2D eigenvalue weighted by Crippen LogP contribution is -2.17. The summed E-state index contributed by atoms with van der Waals surface area (Å²) in [6.07, 6.45) is -3.82. The van der Waals surface area contributed by atoms with Crippen LogP contribution >= 0.6 is 0 Å². The second-order valence-electron chi connectivity index (χ2n) is 4.15. The molecule has 0 amide bonds. The Morgan fingerprint density at radius 1 is 1.27 bits per heavy atom. The topological polar surface area (TPSA) is 110 Å². The van der Waals surface area contributed by atoms with Gasteiger partial charge in [-0.05, 0) is 12.1 Å². The first kappa shape index (κ1) is 14.2. The van der Waals surface area contributed by atoms with Crippen LogP contribution in [0.3, 0.4) is 0 Å². The molecule has 2 heterocycles. The molecule has 8 nitrogen and oxygen atoms in total. The zero-order valence-corrected chi connectivity index (χ0v) is 11.1. The number of rotatable bonds is 1. The molecular weight excluding hydrogens is 327 g/mol. The Hall–Kier alpha value is -2.76. The Balaban J connectivity index is 2.53. The number of hydrogen-bond acceptors (Lipinski definition) is 6. The van der Waals surface area contributed by atoms with E-state index in [1.54, 1.807) is 0 Å². The minimum absolute atomic E-state index is 0.0392. The third kappa shape index (κ3) is 2.22. The summed E-state index contributed by atoms with van der Waals surface area (Å²) in [7, 11) is -3.08. The van der Waals surface area contributed by atoms with Crippen molar-refractivity contribution in [3.05, 3.63) is 34.5 Å². The highest BCUT2D eigenvalue weighted by Crippen LogP contribution is 2.38. The molecule has 0 unspecified atom stereocenters. The number of aromatic nitrogens is 4. The number of nitrogens with one attached hydrogen (secondary N) is 1. The zero-order chi connectivity index (χ0) is 16.1. The predicted molar refractivity (Wildman–Crippen MR) is 67.1 cm³/mol. The van der Waals surface area contributed by atoms with Crippen molar-refractivity contribution in [3.63, 3.8) is 0 Å². The molecule has 0 aliphatic rings. The van der Waals surface area contributed by atoms with Crippen molar-refractivity contribution in [3.8, 4) is 0 Å². The molecule has 1 N–H and O–H groups in total. The number of fused-ring (bicyclic) bond motifs is 3. The minimum atomic E-state index is -4.83. The molecule has 2 aromatic heterocycles. The van der Waals surface area contributed by atoms with Crippen molar-refractivity contribution in [1.82, 2.24) is 19.6 Å². The quantitative estimate of drug-likeness (QED) is 0.722. The van der Waals surface area contributed by atoms with Gasteiger partial charge in [-0.1, -0.05) is 0 Å². The van der Waals surface area contributed by atoms with Gasteiger partial charge in [0.1, 0.15) is 6.33 Å². The Bertz CT molecular complexity index is 1090. The van der Waals surface area contributed by atoms with Crippen molar-refractivity contribution < 1.29 is 21.6 Å². The molecule has 0 atom stereocenters. The van der Waals surface area contributed by atoms with E-state index >= 15 is 0 Å². The SMILES string of the molecule is O=c1[nH]c2cc(N=S(=O)=O)c(C(F)(F)F)cc2c2ncnn12. The van der Waals surface area contributed by atoms with Crippen molar-refractivity contribution in [2.45, 2.75) is 6.18 Å². The lowest BCUT2D eigenvalue weighted by atomic mass is 10.1. The molecule has 22 heavy (non-hydrogen) atoms. The lowest BCUT2D eigenvalue weighted by molar-refractivity contribution is -0.136. The smallest absolute Gasteiger partial charge is 0.305 e. The van der Waals surface area contributed by atoms with E-state index in [2.05, 4.69) is 19.4 Å². The maximum Gasteiger partial charge on any atom is 0.418 e. The number of alkyl halides is 3. The first-order valence-electron chi connectivity index (χ1n) is 5.55. The predicted octanol–water partition coefficient (Wildman–Crippen LogP) is 1.28. The van der Waals surface area contributed by atoms with E-state index in [0.717, 1.165) is 16.9 Å². The fourth-order valence-corrected chi connectivity index (χ4v) is 2.31. The van der Waals surface area contributed by atoms with E-state index in [9.17, 15) is 26.4 Å². The number of aromatic amines is 1. The third-order valence-electron chi connectivity index (χ3n) is 2.84. The second kappa shape index (κ2) is 4.62. The zero-order valence-electron chi connectivity index (χ0n) is 10.3. The van der Waals surface area contributed by atoms with Gasteiger partial charge in [0, 0.05) is 5.39 Å². The molecule has 0 spiro atoms. The van der Waals surface area contributed by atoms with Crippen LogP contribution in [-0.4, -0.2) is 28.0 Å². The molecule has 3 rings (SSSR count). The summed E-state index contributed by atoms with van der Waals surface area (Å²) in [5.41, 5.74) is -2.94. The van der Waals surface area contributed by atoms with Crippen molar-refractivity contribution in [2.75, 3.05) is 0 Å². The molecule has 0 aliphatic heterocycles. The standard InChI is InChI=1S/C10H4F3N5O3S/c11-10(12,13)5-1-4-6(2-7(5)17-22(20)21)16-9(19)18-8(4)14-3-15-18/h1-3H,(H,16,19). The van der Waals surface area contributed by atoms with Crippen molar-refractivity contribution in [1.29, 1.82) is 0 Å². The summed E-state index contributed by atoms with van der Waals surface area (Å²) in [6.45, 7) is 0. The third-order valence-corrected chi connectivity index (χ3v) is 3.18. The fraction of sp³-hybridized carbons (Fsp3) is 0.100. The van der Waals surface area contributed by atoms with E-state index in [1.807, 2.05) is 0 Å². The van der Waals surface area contributed by atoms with Crippen LogP contribution < -0.4 is 5.69 Å². The van der Waals surface area contributed by atoms with Crippen LogP contribution in [0.2, 0.25) is 0 Å². The Kier molecular flexibility index (Phi) is 2.98. The van der Waals surface area contributed by atoms with Crippen LogP contribution in [0.1, 0.15) is 5.56 Å². The fourth-order valence-electron chi connectivity index (χ4n) is 2.00. The summed E-state index contributed by atoms with van der Waals surface area (Å²) in [5, 5.41) is 3.55. The lowest BCUT2D eigenvalue weighted by Gasteiger charge is -2.10. The van der Waals surface area contributed by atoms with Gasteiger partial charge < -0.3 is 4.98 Å². The number of benzene rings is 1. The Morgan fingerprint density at radius 2 is 2.00 bits per heavy atom. The molecular formula is C10H4F3N5O3S. The molecule has 0 fully saturated rings. The summed E-state index contributed by atoms with van der Waals surface area (Å²) < 4.78 is 64.0. The van der Waals surface area contributed by atoms with Gasteiger partial charge in [-0.15, -0.1) is 4.36 Å². The summed E-state index contributed by atoms with van der Waals surface area (Å²) in [4.78, 5) is 17.7. The number of halogens is 3. The average molecular weight is 331 g/mol. The van der Waals surface area contributed by atoms with Gasteiger partial charge in [0.05, 0.1) is 16.8 Å². The first-order chi connectivity index (χ1) is 10.3. The van der Waals surface area contributed by atoms with Crippen molar-refractivity contribution in [2.24, 2.45) is 4.36 Å². The van der Waals surface area contributed by atoms with Crippen LogP contribution in [0.15, 0.2) is 27.6 Å². The minimum Gasteiger partial charge on any atom is -0.305 e. The van der Waals surface area contributed by atoms with E-state index in [1.165, 1.54) is 0 Å². The van der Waals surface area contributed by atoms with Gasteiger partial charge in [0.2, 0.25) is 0 Å². The highest BCUT2D eigenvalue weighted by Gasteiger charge is 2.34. The molecule has 3 aromatic rings. The monoisotopic (exact) mass is 331 g/mol. The molecule has 0 saturated carbocycles. The first-order valence-corrected chi connectivity index (χ1v) is 6.58. The summed E-state index contributed by atoms with van der Waals surface area (Å²) in [5.74, 6) is 0. The molecule has 12 heteroatoms. The molecule has 0 aliphatic carbocycles. The molecule has 0 bridgehead atoms. The number of nitrogens with zero attached hydrogens (tertiary/aromatic N) is 4. The summed E-state index contributed by atoms with van der Waals surface area (Å²) in [6, 6.07) is 1.49. The van der Waals surface area contributed by atoms with E-state index < -0.39 is 33.6 Å². The highest BCUT2D eigenvalue weighted by atomic mass is 32.2. The van der Waals surface area contributed by atoms with Gasteiger partial charge in [0.15, 0.2) is 5.65 Å². The molecule has 114 valence electrons. The number of H-pyrrole nitrogens is 1. The van der Waals surface area contributed by atoms with E-state index in [4.69, 9.17) is 0 Å². The Morgan fingerprint density at radius 3 is 2.64 bits per heavy atom. The van der Waals surface area contributed by atoms with E-state index in [0.29, 0.717) is 6.07 Å². The van der Waals surface area contributed by atoms with E-state index in [-0.39, 0.29) is 16.6 Å². The molecule has 1 aromatic carbocycles. The van der Waals surface area contributed by atoms with Crippen LogP contribution in [0.4, 0.5) is 18.9 Å². The molecule has 0 saturated heterocycles. The van der Waals surface area contributed by atoms with Crippen LogP contribution in [0, 0.1) is 0 Å². The van der Waals surface area contributed by atoms with Crippen LogP contribution in [0.5, 0.6) is 0 Å². The second-order valence-corrected chi connectivity index (χ2v) is 4.76. The maximum atomic E-state index is 13.1. The number of hydrogen-bond donors (Lipinski definition) is 1. The molecule has 0 radical (unpaired) electrons. The van der Waals surface area contributed by atoms with Gasteiger partial charge in [-0.25, -0.2) is 9.78 Å². The maximum absolute atomic E-state index is 13.1. The van der Waals surface area contributed by atoms with Gasteiger partial charge in [-0.3, -0.25) is 0 Å². The van der Waals surface area contributed by atoms with Crippen LogP contribution in [0.25, 0.3) is 16.6 Å². The average Bonchev–Trinajstić information content (AvgIpc) is 2.86. The largest absolute Gasteiger partial charge is 0.418 e. The Labute approximate surface area is 119 Å². The van der Waals surface area contributed by atoms with Gasteiger partial charge >= 0.3 is 22.4 Å². The normalized spacial score (nSPS) is 12.0. The highest BCUT2D eigenvalue weighted by molar-refractivity contribution is 7.61.